The molecule has 3 rings (SSSR count). The summed E-state index contributed by atoms with van der Waals surface area (Å²) in [5, 5.41) is 12.6. The van der Waals surface area contributed by atoms with Gasteiger partial charge in [-0.3, -0.25) is 14.6 Å². The number of benzene rings is 1. The molecule has 122 valence electrons. The highest BCUT2D eigenvalue weighted by molar-refractivity contribution is 5.93. The number of aliphatic hydroxyl groups is 1. The molecule has 0 aliphatic rings. The van der Waals surface area contributed by atoms with E-state index in [4.69, 9.17) is 0 Å². The normalized spacial score (nSPS) is 12.0. The van der Waals surface area contributed by atoms with Gasteiger partial charge >= 0.3 is 0 Å². The molecule has 0 radical (unpaired) electrons. The molecule has 0 aliphatic carbocycles. The molecule has 7 nitrogen and oxygen atoms in total. The Morgan fingerprint density at radius 1 is 1.17 bits per heavy atom. The predicted octanol–water partition coefficient (Wildman–Crippen LogP) is 0.582. The number of hydrogen-bond acceptors (Lipinski definition) is 5. The van der Waals surface area contributed by atoms with E-state index in [2.05, 4.69) is 15.3 Å². The van der Waals surface area contributed by atoms with E-state index < -0.39 is 12.0 Å². The molecule has 0 fully saturated rings. The maximum atomic E-state index is 12.1. The molecule has 2 N–H and O–H groups in total. The van der Waals surface area contributed by atoms with Crippen LogP contribution < -0.4 is 10.9 Å². The Labute approximate surface area is 137 Å². The van der Waals surface area contributed by atoms with Gasteiger partial charge in [0.1, 0.15) is 5.69 Å². The van der Waals surface area contributed by atoms with Crippen LogP contribution in [0, 0.1) is 0 Å². The van der Waals surface area contributed by atoms with Crippen molar-refractivity contribution in [1.29, 1.82) is 0 Å². The van der Waals surface area contributed by atoms with Crippen LogP contribution in [0.15, 0.2) is 59.7 Å². The highest BCUT2D eigenvalue weighted by atomic mass is 16.3. The predicted molar refractivity (Wildman–Crippen MR) is 88.6 cm³/mol. The summed E-state index contributed by atoms with van der Waals surface area (Å²) in [4.78, 5) is 32.1. The molecule has 0 saturated carbocycles. The van der Waals surface area contributed by atoms with Gasteiger partial charge in [-0.25, -0.2) is 4.98 Å². The minimum Gasteiger partial charge on any atom is -0.389 e. The molecule has 24 heavy (non-hydrogen) atoms. The van der Waals surface area contributed by atoms with Crippen molar-refractivity contribution in [1.82, 2.24) is 19.9 Å². The molecule has 0 spiro atoms. The third-order valence-corrected chi connectivity index (χ3v) is 3.49. The van der Waals surface area contributed by atoms with Gasteiger partial charge in [0.15, 0.2) is 0 Å². The van der Waals surface area contributed by atoms with Crippen molar-refractivity contribution in [3.05, 3.63) is 70.9 Å². The number of aromatic nitrogens is 3. The van der Waals surface area contributed by atoms with Crippen LogP contribution >= 0.6 is 0 Å². The van der Waals surface area contributed by atoms with Crippen molar-refractivity contribution < 1.29 is 9.90 Å². The van der Waals surface area contributed by atoms with Crippen LogP contribution in [-0.4, -0.2) is 38.2 Å². The lowest BCUT2D eigenvalue weighted by atomic mass is 10.3. The standard InChI is InChI=1S/C17H16N4O3/c22-12(11-21-8-4-3-7-16(21)23)9-19-17(24)15-10-18-13-5-1-2-6-14(13)20-15/h1-8,10,12,22H,9,11H2,(H,19,24). The minimum absolute atomic E-state index is 0.00861. The number of amides is 1. The minimum atomic E-state index is -0.887. The summed E-state index contributed by atoms with van der Waals surface area (Å²) in [5.41, 5.74) is 1.31. The first-order valence-corrected chi connectivity index (χ1v) is 7.47. The number of rotatable bonds is 5. The van der Waals surface area contributed by atoms with Crippen molar-refractivity contribution in [2.45, 2.75) is 12.6 Å². The van der Waals surface area contributed by atoms with Gasteiger partial charge in [-0.1, -0.05) is 18.2 Å². The summed E-state index contributed by atoms with van der Waals surface area (Å²) in [6.07, 6.45) is 2.09. The van der Waals surface area contributed by atoms with Crippen molar-refractivity contribution in [2.24, 2.45) is 0 Å². The van der Waals surface area contributed by atoms with E-state index in [9.17, 15) is 14.7 Å². The SMILES string of the molecule is O=C(NCC(O)Cn1ccccc1=O)c1cnc2ccccc2n1. The number of carbonyl (C=O) groups excluding carboxylic acids is 1. The van der Waals surface area contributed by atoms with Crippen LogP contribution in [0.3, 0.4) is 0 Å². The zero-order valence-corrected chi connectivity index (χ0v) is 12.8. The number of nitrogens with zero attached hydrogens (tertiary/aromatic N) is 3. The fraction of sp³-hybridized carbons (Fsp3) is 0.176. The molecule has 0 saturated heterocycles. The summed E-state index contributed by atoms with van der Waals surface area (Å²) >= 11 is 0. The lowest BCUT2D eigenvalue weighted by Crippen LogP contribution is -2.36. The average Bonchev–Trinajstić information content (AvgIpc) is 2.61. The smallest absolute Gasteiger partial charge is 0.271 e. The van der Waals surface area contributed by atoms with Gasteiger partial charge in [-0.05, 0) is 18.2 Å². The van der Waals surface area contributed by atoms with E-state index in [0.717, 1.165) is 0 Å². The van der Waals surface area contributed by atoms with Gasteiger partial charge in [0.05, 0.1) is 29.9 Å². The molecular formula is C17H16N4O3. The van der Waals surface area contributed by atoms with Crippen molar-refractivity contribution in [3.8, 4) is 0 Å². The molecule has 1 aromatic carbocycles. The molecule has 3 aromatic rings. The van der Waals surface area contributed by atoms with E-state index in [1.54, 1.807) is 24.4 Å². The Morgan fingerprint density at radius 3 is 2.71 bits per heavy atom. The highest BCUT2D eigenvalue weighted by Gasteiger charge is 2.12. The van der Waals surface area contributed by atoms with Gasteiger partial charge in [-0.2, -0.15) is 0 Å². The van der Waals surface area contributed by atoms with E-state index in [-0.39, 0.29) is 24.3 Å². The Hall–Kier alpha value is -3.06. The number of aliphatic hydroxyl groups excluding tert-OH is 1. The first-order chi connectivity index (χ1) is 11.6. The fourth-order valence-electron chi connectivity index (χ4n) is 2.27. The molecule has 1 amide bonds. The number of pyridine rings is 1. The van der Waals surface area contributed by atoms with Gasteiger partial charge in [0, 0.05) is 18.8 Å². The lowest BCUT2D eigenvalue weighted by molar-refractivity contribution is 0.0898. The number of fused-ring (bicyclic) bond motifs is 1. The Balaban J connectivity index is 1.62. The highest BCUT2D eigenvalue weighted by Crippen LogP contribution is 2.08. The fourth-order valence-corrected chi connectivity index (χ4v) is 2.27. The number of nitrogens with one attached hydrogen (secondary N) is 1. The average molecular weight is 324 g/mol. The second-order valence-corrected chi connectivity index (χ2v) is 5.30. The molecule has 7 heteroatoms. The maximum absolute atomic E-state index is 12.1. The first kappa shape index (κ1) is 15.8. The Kier molecular flexibility index (Phi) is 4.62. The van der Waals surface area contributed by atoms with E-state index >= 15 is 0 Å². The van der Waals surface area contributed by atoms with E-state index in [1.807, 2.05) is 18.2 Å². The zero-order valence-electron chi connectivity index (χ0n) is 12.8. The van der Waals surface area contributed by atoms with Gasteiger partial charge < -0.3 is 15.0 Å². The summed E-state index contributed by atoms with van der Waals surface area (Å²) < 4.78 is 1.38. The molecule has 2 heterocycles. The molecule has 0 aliphatic heterocycles. The topological polar surface area (TPSA) is 97.1 Å². The number of hydrogen-bond donors (Lipinski definition) is 2. The molecule has 0 bridgehead atoms. The summed E-state index contributed by atoms with van der Waals surface area (Å²) in [6.45, 7) is 0.109. The summed E-state index contributed by atoms with van der Waals surface area (Å²) in [7, 11) is 0. The molecular weight excluding hydrogens is 308 g/mol. The van der Waals surface area contributed by atoms with Crippen LogP contribution in [0.2, 0.25) is 0 Å². The number of carbonyl (C=O) groups is 1. The summed E-state index contributed by atoms with van der Waals surface area (Å²) in [6, 6.07) is 12.0. The van der Waals surface area contributed by atoms with Gasteiger partial charge in [0.25, 0.3) is 11.5 Å². The van der Waals surface area contributed by atoms with Crippen LogP contribution in [0.5, 0.6) is 0 Å². The first-order valence-electron chi connectivity index (χ1n) is 7.47. The maximum Gasteiger partial charge on any atom is 0.271 e. The second-order valence-electron chi connectivity index (χ2n) is 5.30. The van der Waals surface area contributed by atoms with E-state index in [0.29, 0.717) is 11.0 Å². The van der Waals surface area contributed by atoms with Crippen molar-refractivity contribution in [3.63, 3.8) is 0 Å². The van der Waals surface area contributed by atoms with Crippen molar-refractivity contribution >= 4 is 16.9 Å². The van der Waals surface area contributed by atoms with Crippen LogP contribution in [0.25, 0.3) is 11.0 Å². The van der Waals surface area contributed by atoms with Crippen LogP contribution in [0.4, 0.5) is 0 Å². The number of para-hydroxylation sites is 2. The quantitative estimate of drug-likeness (QED) is 0.716. The zero-order chi connectivity index (χ0) is 16.9. The Bertz CT molecular complexity index is 923. The molecule has 1 unspecified atom stereocenters. The summed E-state index contributed by atoms with van der Waals surface area (Å²) in [5.74, 6) is -0.423. The lowest BCUT2D eigenvalue weighted by Gasteiger charge is -2.13. The molecule has 2 aromatic heterocycles. The van der Waals surface area contributed by atoms with Crippen molar-refractivity contribution in [2.75, 3.05) is 6.54 Å². The monoisotopic (exact) mass is 324 g/mol. The van der Waals surface area contributed by atoms with E-state index in [1.165, 1.54) is 16.8 Å². The third kappa shape index (κ3) is 3.64. The second kappa shape index (κ2) is 7.01. The van der Waals surface area contributed by atoms with Crippen LogP contribution in [-0.2, 0) is 6.54 Å². The largest absolute Gasteiger partial charge is 0.389 e. The van der Waals surface area contributed by atoms with Gasteiger partial charge in [0.2, 0.25) is 0 Å². The molecule has 1 atom stereocenters. The van der Waals surface area contributed by atoms with Crippen LogP contribution in [0.1, 0.15) is 10.5 Å². The third-order valence-electron chi connectivity index (χ3n) is 3.49. The Morgan fingerprint density at radius 2 is 1.92 bits per heavy atom. The van der Waals surface area contributed by atoms with Gasteiger partial charge in [-0.15, -0.1) is 0 Å².